The van der Waals surface area contributed by atoms with Crippen molar-refractivity contribution in [3.05, 3.63) is 35.9 Å². The highest BCUT2D eigenvalue weighted by molar-refractivity contribution is 6.54. The van der Waals surface area contributed by atoms with Gasteiger partial charge in [-0.2, -0.15) is 0 Å². The van der Waals surface area contributed by atoms with E-state index in [1.165, 1.54) is 6.21 Å². The zero-order valence-corrected chi connectivity index (χ0v) is 10.9. The summed E-state index contributed by atoms with van der Waals surface area (Å²) in [6, 6.07) is 7.83. The fraction of sp³-hybridized carbons (Fsp3) is 0.385. The fourth-order valence-electron chi connectivity index (χ4n) is 2.21. The van der Waals surface area contributed by atoms with E-state index >= 15 is 0 Å². The second-order valence-electron chi connectivity index (χ2n) is 4.82. The number of nitrogens with zero attached hydrogens (tertiary/aromatic N) is 1. The van der Waals surface area contributed by atoms with Crippen LogP contribution in [0, 0.1) is 5.92 Å². The minimum Gasteiger partial charge on any atom is -0.568 e. The monoisotopic (exact) mass is 267 g/mol. The van der Waals surface area contributed by atoms with Gasteiger partial charge in [-0.15, -0.1) is 0 Å². The first-order valence-electron chi connectivity index (χ1n) is 6.37. The van der Waals surface area contributed by atoms with Crippen LogP contribution in [-0.2, 0) is 9.45 Å². The van der Waals surface area contributed by atoms with E-state index in [1.54, 1.807) is 37.3 Å². The van der Waals surface area contributed by atoms with Gasteiger partial charge in [0.05, 0.1) is 0 Å². The maximum absolute atomic E-state index is 13.8. The molecule has 1 saturated heterocycles. The van der Waals surface area contributed by atoms with Gasteiger partial charge in [-0.3, -0.25) is 0 Å². The van der Waals surface area contributed by atoms with Gasteiger partial charge in [0.15, 0.2) is 0 Å². The third kappa shape index (κ3) is 2.67. The van der Waals surface area contributed by atoms with Crippen LogP contribution in [0.25, 0.3) is 0 Å². The van der Waals surface area contributed by atoms with Gasteiger partial charge < -0.3 is 17.8 Å². The maximum Gasteiger partial charge on any atom is 0.831 e. The quantitative estimate of drug-likeness (QED) is 0.787. The molecule has 2 unspecified atom stereocenters. The van der Waals surface area contributed by atoms with E-state index in [2.05, 4.69) is 4.65 Å². The van der Waals surface area contributed by atoms with Crippen LogP contribution >= 0.6 is 0 Å². The van der Waals surface area contributed by atoms with E-state index in [1.807, 2.05) is 6.92 Å². The summed E-state index contributed by atoms with van der Waals surface area (Å²) in [5, 5.41) is 0. The Balaban J connectivity index is 2.43. The molecule has 19 heavy (non-hydrogen) atoms. The van der Waals surface area contributed by atoms with E-state index in [4.69, 9.17) is 0 Å². The molecule has 0 radical (unpaired) electrons. The Morgan fingerprint density at radius 3 is 2.63 bits per heavy atom. The molecule has 0 aromatic heterocycles. The molecule has 102 valence electrons. The van der Waals surface area contributed by atoms with E-state index in [0.29, 0.717) is 12.0 Å². The van der Waals surface area contributed by atoms with Crippen LogP contribution in [0.4, 0.5) is 8.63 Å². The fourth-order valence-corrected chi connectivity index (χ4v) is 2.21. The van der Waals surface area contributed by atoms with Gasteiger partial charge in [-0.1, -0.05) is 32.0 Å². The SMILES string of the molecule is CCC(C)C1C(=O)O[B-](F)(F)/[N+]1=C\c1ccccc1. The number of benzene rings is 1. The molecule has 3 nitrogen and oxygen atoms in total. The summed E-state index contributed by atoms with van der Waals surface area (Å²) < 4.78 is 32.6. The molecule has 1 fully saturated rings. The van der Waals surface area contributed by atoms with Crippen molar-refractivity contribution in [3.63, 3.8) is 0 Å². The summed E-state index contributed by atoms with van der Waals surface area (Å²) in [5.41, 5.74) is 0.621. The average Bonchev–Trinajstić information content (AvgIpc) is 2.59. The van der Waals surface area contributed by atoms with E-state index in [0.717, 1.165) is 4.49 Å². The maximum atomic E-state index is 13.8. The Morgan fingerprint density at radius 2 is 2.05 bits per heavy atom. The van der Waals surface area contributed by atoms with Gasteiger partial charge in [0.25, 0.3) is 0 Å². The summed E-state index contributed by atoms with van der Waals surface area (Å²) in [6.45, 7) is 3.64. The minimum absolute atomic E-state index is 0.192. The summed E-state index contributed by atoms with van der Waals surface area (Å²) in [5.74, 6) is -1.03. The average molecular weight is 267 g/mol. The van der Waals surface area contributed by atoms with Gasteiger partial charge in [0.2, 0.25) is 6.04 Å². The summed E-state index contributed by atoms with van der Waals surface area (Å²) >= 11 is 0. The largest absolute Gasteiger partial charge is 0.831 e. The second-order valence-corrected chi connectivity index (χ2v) is 4.82. The van der Waals surface area contributed by atoms with Crippen molar-refractivity contribution in [1.82, 2.24) is 0 Å². The number of halogens is 2. The van der Waals surface area contributed by atoms with Gasteiger partial charge in [0, 0.05) is 11.5 Å². The molecule has 1 aromatic carbocycles. The molecule has 1 heterocycles. The highest BCUT2D eigenvalue weighted by atomic mass is 19.3. The van der Waals surface area contributed by atoms with Crippen LogP contribution in [0.1, 0.15) is 25.8 Å². The van der Waals surface area contributed by atoms with Crippen LogP contribution in [0.3, 0.4) is 0 Å². The molecule has 1 aromatic rings. The van der Waals surface area contributed by atoms with Crippen LogP contribution in [0.5, 0.6) is 0 Å². The Hall–Kier alpha value is -1.72. The lowest BCUT2D eigenvalue weighted by molar-refractivity contribution is -0.451. The molecule has 6 heteroatoms. The van der Waals surface area contributed by atoms with Crippen molar-refractivity contribution < 1.29 is 22.6 Å². The summed E-state index contributed by atoms with van der Waals surface area (Å²) in [6.07, 6.45) is 1.94. The summed E-state index contributed by atoms with van der Waals surface area (Å²) in [4.78, 5) is 11.6. The van der Waals surface area contributed by atoms with Crippen LogP contribution in [0.15, 0.2) is 30.3 Å². The molecule has 0 saturated carbocycles. The number of hydrogen-bond acceptors (Lipinski definition) is 2. The number of hydrogen-bond donors (Lipinski definition) is 0. The van der Waals surface area contributed by atoms with Crippen LogP contribution < -0.4 is 0 Å². The Kier molecular flexibility index (Phi) is 3.69. The number of carbonyl (C=O) groups is 1. The van der Waals surface area contributed by atoms with Crippen molar-refractivity contribution in [2.45, 2.75) is 26.3 Å². The molecule has 2 atom stereocenters. The van der Waals surface area contributed by atoms with Crippen LogP contribution in [0.2, 0.25) is 0 Å². The van der Waals surface area contributed by atoms with Crippen molar-refractivity contribution >= 4 is 19.2 Å². The van der Waals surface area contributed by atoms with E-state index in [-0.39, 0.29) is 5.92 Å². The molecule has 0 amide bonds. The first-order chi connectivity index (χ1) is 8.95. The highest BCUT2D eigenvalue weighted by Crippen LogP contribution is 2.28. The van der Waals surface area contributed by atoms with Crippen molar-refractivity contribution in [1.29, 1.82) is 0 Å². The first-order valence-corrected chi connectivity index (χ1v) is 6.37. The lowest BCUT2D eigenvalue weighted by Gasteiger charge is -2.17. The highest BCUT2D eigenvalue weighted by Gasteiger charge is 2.60. The minimum atomic E-state index is -4.28. The van der Waals surface area contributed by atoms with Gasteiger partial charge in [0.1, 0.15) is 6.21 Å². The Bertz CT molecular complexity index is 505. The van der Waals surface area contributed by atoms with Crippen molar-refractivity contribution in [3.8, 4) is 0 Å². The smallest absolute Gasteiger partial charge is 0.568 e. The first kappa shape index (κ1) is 13.7. The van der Waals surface area contributed by atoms with E-state index < -0.39 is 19.0 Å². The Labute approximate surface area is 111 Å². The zero-order valence-electron chi connectivity index (χ0n) is 10.9. The predicted molar refractivity (Wildman–Crippen MR) is 69.2 cm³/mol. The molecule has 2 rings (SSSR count). The molecule has 0 bridgehead atoms. The number of rotatable bonds is 3. The van der Waals surface area contributed by atoms with Gasteiger partial charge >= 0.3 is 13.0 Å². The van der Waals surface area contributed by atoms with Gasteiger partial charge in [-0.25, -0.2) is 4.79 Å². The molecule has 0 spiro atoms. The zero-order chi connectivity index (χ0) is 14.0. The second kappa shape index (κ2) is 5.11. The standard InChI is InChI=1S/C13H16BF2NO2/c1-3-10(2)12-13(18)19-14(15,16)17(12)9-11-7-5-4-6-8-11/h4-10,12H,3H2,1-2H3/b17-9-. The molecule has 0 aliphatic carbocycles. The van der Waals surface area contributed by atoms with E-state index in [9.17, 15) is 13.4 Å². The van der Waals surface area contributed by atoms with Crippen molar-refractivity contribution in [2.24, 2.45) is 5.92 Å². The third-order valence-corrected chi connectivity index (χ3v) is 3.45. The summed E-state index contributed by atoms with van der Waals surface area (Å²) in [7, 11) is -4.28. The normalized spacial score (nSPS) is 25.4. The van der Waals surface area contributed by atoms with Crippen LogP contribution in [-0.4, -0.2) is 29.8 Å². The molecule has 1 aliphatic heterocycles. The molecular formula is C13H16BF2NO2. The lowest BCUT2D eigenvalue weighted by atomic mass is 9.95. The third-order valence-electron chi connectivity index (χ3n) is 3.45. The molecular weight excluding hydrogens is 251 g/mol. The van der Waals surface area contributed by atoms with Gasteiger partial charge in [-0.05, 0) is 18.6 Å². The number of carbonyl (C=O) groups excluding carboxylic acids is 1. The molecule has 1 aliphatic rings. The molecule has 0 N–H and O–H groups in total. The lowest BCUT2D eigenvalue weighted by Crippen LogP contribution is -2.42. The van der Waals surface area contributed by atoms with Crippen molar-refractivity contribution in [2.75, 3.05) is 0 Å². The Morgan fingerprint density at radius 1 is 1.42 bits per heavy atom. The predicted octanol–water partition coefficient (Wildman–Crippen LogP) is 2.46. The topological polar surface area (TPSA) is 29.3 Å².